The molecule has 0 radical (unpaired) electrons. The number of carbonyl (C=O) groups is 1. The molecular weight excluding hydrogens is 200 g/mol. The Morgan fingerprint density at radius 2 is 2.12 bits per heavy atom. The van der Waals surface area contributed by atoms with Gasteiger partial charge in [-0.3, -0.25) is 4.79 Å². The van der Waals surface area contributed by atoms with Gasteiger partial charge in [-0.05, 0) is 38.8 Å². The Morgan fingerprint density at radius 3 is 2.94 bits per heavy atom. The van der Waals surface area contributed by atoms with Crippen LogP contribution in [0.25, 0.3) is 0 Å². The van der Waals surface area contributed by atoms with E-state index >= 15 is 0 Å². The van der Waals surface area contributed by atoms with Gasteiger partial charge in [-0.15, -0.1) is 0 Å². The number of amides is 1. The van der Waals surface area contributed by atoms with Crippen LogP contribution in [0.5, 0.6) is 0 Å². The van der Waals surface area contributed by atoms with E-state index in [4.69, 9.17) is 0 Å². The molecule has 1 amide bonds. The van der Waals surface area contributed by atoms with E-state index in [0.717, 1.165) is 32.4 Å². The first kappa shape index (κ1) is 13.5. The molecular formula is C13H26N2O. The van der Waals surface area contributed by atoms with Gasteiger partial charge < -0.3 is 10.6 Å². The lowest BCUT2D eigenvalue weighted by Crippen LogP contribution is -2.35. The van der Waals surface area contributed by atoms with Crippen LogP contribution in [0.4, 0.5) is 0 Å². The molecule has 16 heavy (non-hydrogen) atoms. The summed E-state index contributed by atoms with van der Waals surface area (Å²) in [5.41, 5.74) is 0. The first-order valence-electron chi connectivity index (χ1n) is 6.83. The maximum Gasteiger partial charge on any atom is 0.220 e. The predicted molar refractivity (Wildman–Crippen MR) is 67.4 cm³/mol. The fourth-order valence-electron chi connectivity index (χ4n) is 2.18. The molecule has 0 bridgehead atoms. The van der Waals surface area contributed by atoms with E-state index < -0.39 is 0 Å². The minimum atomic E-state index is 0.253. The molecule has 0 saturated carbocycles. The van der Waals surface area contributed by atoms with Gasteiger partial charge in [0, 0.05) is 12.5 Å². The number of carbonyl (C=O) groups excluding carboxylic acids is 1. The van der Waals surface area contributed by atoms with E-state index in [2.05, 4.69) is 17.6 Å². The van der Waals surface area contributed by atoms with Crippen molar-refractivity contribution in [3.05, 3.63) is 0 Å². The molecule has 94 valence electrons. The van der Waals surface area contributed by atoms with Crippen LogP contribution in [0, 0.1) is 0 Å². The standard InChI is InChI=1S/C13H26N2O/c1-2-3-4-5-8-13(16)15-12-7-6-10-14-11-9-12/h12,14H,2-11H2,1H3,(H,15,16). The van der Waals surface area contributed by atoms with Crippen LogP contribution in [0.2, 0.25) is 0 Å². The van der Waals surface area contributed by atoms with Gasteiger partial charge in [-0.2, -0.15) is 0 Å². The van der Waals surface area contributed by atoms with Crippen LogP contribution < -0.4 is 10.6 Å². The normalized spacial score (nSPS) is 21.4. The fraction of sp³-hybridized carbons (Fsp3) is 0.923. The molecule has 1 heterocycles. The third-order valence-corrected chi connectivity index (χ3v) is 3.20. The van der Waals surface area contributed by atoms with Gasteiger partial charge in [0.1, 0.15) is 0 Å². The first-order chi connectivity index (χ1) is 7.83. The van der Waals surface area contributed by atoms with E-state index in [9.17, 15) is 4.79 Å². The van der Waals surface area contributed by atoms with Crippen molar-refractivity contribution in [2.75, 3.05) is 13.1 Å². The van der Waals surface area contributed by atoms with Crippen LogP contribution in [0.15, 0.2) is 0 Å². The number of unbranched alkanes of at least 4 members (excludes halogenated alkanes) is 3. The zero-order chi connectivity index (χ0) is 11.6. The van der Waals surface area contributed by atoms with Crippen LogP contribution in [0.3, 0.4) is 0 Å². The lowest BCUT2D eigenvalue weighted by atomic mass is 10.1. The average molecular weight is 226 g/mol. The molecule has 1 atom stereocenters. The maximum absolute atomic E-state index is 11.7. The topological polar surface area (TPSA) is 41.1 Å². The minimum absolute atomic E-state index is 0.253. The molecule has 1 aliphatic heterocycles. The maximum atomic E-state index is 11.7. The molecule has 3 nitrogen and oxygen atoms in total. The summed E-state index contributed by atoms with van der Waals surface area (Å²) in [6.45, 7) is 4.34. The van der Waals surface area contributed by atoms with Crippen molar-refractivity contribution in [2.24, 2.45) is 0 Å². The molecule has 0 aromatic rings. The van der Waals surface area contributed by atoms with Gasteiger partial charge >= 0.3 is 0 Å². The third kappa shape index (κ3) is 6.11. The Hall–Kier alpha value is -0.570. The van der Waals surface area contributed by atoms with Crippen molar-refractivity contribution >= 4 is 5.91 Å². The summed E-state index contributed by atoms with van der Waals surface area (Å²) in [4.78, 5) is 11.7. The largest absolute Gasteiger partial charge is 0.353 e. The molecule has 0 aromatic carbocycles. The Balaban J connectivity index is 2.07. The van der Waals surface area contributed by atoms with Crippen molar-refractivity contribution in [1.29, 1.82) is 0 Å². The highest BCUT2D eigenvalue weighted by Crippen LogP contribution is 2.07. The average Bonchev–Trinajstić information content (AvgIpc) is 2.53. The molecule has 1 saturated heterocycles. The van der Waals surface area contributed by atoms with Gasteiger partial charge in [0.2, 0.25) is 5.91 Å². The summed E-state index contributed by atoms with van der Waals surface area (Å²) >= 11 is 0. The molecule has 1 fully saturated rings. The Bertz CT molecular complexity index is 186. The van der Waals surface area contributed by atoms with Gasteiger partial charge in [-0.25, -0.2) is 0 Å². The lowest BCUT2D eigenvalue weighted by Gasteiger charge is -2.15. The van der Waals surface area contributed by atoms with E-state index in [1.165, 1.54) is 25.7 Å². The second-order valence-electron chi connectivity index (χ2n) is 4.76. The molecule has 0 aliphatic carbocycles. The Labute approximate surface area is 99.4 Å². The summed E-state index contributed by atoms with van der Waals surface area (Å²) in [5, 5.41) is 6.52. The second-order valence-corrected chi connectivity index (χ2v) is 4.76. The number of rotatable bonds is 6. The van der Waals surface area contributed by atoms with Crippen LogP contribution in [0.1, 0.15) is 58.3 Å². The zero-order valence-electron chi connectivity index (χ0n) is 10.6. The number of hydrogen-bond donors (Lipinski definition) is 2. The second kappa shape index (κ2) is 8.57. The number of nitrogens with one attached hydrogen (secondary N) is 2. The lowest BCUT2D eigenvalue weighted by molar-refractivity contribution is -0.122. The molecule has 3 heteroatoms. The predicted octanol–water partition coefficient (Wildman–Crippen LogP) is 2.22. The molecule has 0 aromatic heterocycles. The summed E-state index contributed by atoms with van der Waals surface area (Å²) < 4.78 is 0. The Kier molecular flexibility index (Phi) is 7.23. The molecule has 1 unspecified atom stereocenters. The first-order valence-corrected chi connectivity index (χ1v) is 6.83. The monoisotopic (exact) mass is 226 g/mol. The number of hydrogen-bond acceptors (Lipinski definition) is 2. The van der Waals surface area contributed by atoms with Crippen molar-refractivity contribution < 1.29 is 4.79 Å². The van der Waals surface area contributed by atoms with Crippen molar-refractivity contribution in [3.8, 4) is 0 Å². The van der Waals surface area contributed by atoms with Crippen molar-refractivity contribution in [3.63, 3.8) is 0 Å². The minimum Gasteiger partial charge on any atom is -0.353 e. The van der Waals surface area contributed by atoms with Crippen molar-refractivity contribution in [1.82, 2.24) is 10.6 Å². The SMILES string of the molecule is CCCCCCC(=O)NC1CCCNCC1. The molecule has 2 N–H and O–H groups in total. The van der Waals surface area contributed by atoms with E-state index in [0.29, 0.717) is 12.5 Å². The smallest absolute Gasteiger partial charge is 0.220 e. The highest BCUT2D eigenvalue weighted by Gasteiger charge is 2.13. The van der Waals surface area contributed by atoms with Gasteiger partial charge in [0.15, 0.2) is 0 Å². The van der Waals surface area contributed by atoms with Crippen LogP contribution >= 0.6 is 0 Å². The third-order valence-electron chi connectivity index (χ3n) is 3.20. The Morgan fingerprint density at radius 1 is 1.25 bits per heavy atom. The fourth-order valence-corrected chi connectivity index (χ4v) is 2.18. The highest BCUT2D eigenvalue weighted by atomic mass is 16.1. The summed E-state index contributed by atoms with van der Waals surface area (Å²) in [6.07, 6.45) is 8.83. The molecule has 0 spiro atoms. The van der Waals surface area contributed by atoms with Gasteiger partial charge in [0.25, 0.3) is 0 Å². The quantitative estimate of drug-likeness (QED) is 0.682. The summed E-state index contributed by atoms with van der Waals surface area (Å²) in [5.74, 6) is 0.253. The van der Waals surface area contributed by atoms with E-state index in [-0.39, 0.29) is 5.91 Å². The van der Waals surface area contributed by atoms with E-state index in [1.54, 1.807) is 0 Å². The van der Waals surface area contributed by atoms with Gasteiger partial charge in [-0.1, -0.05) is 26.2 Å². The zero-order valence-corrected chi connectivity index (χ0v) is 10.6. The molecule has 1 rings (SSSR count). The van der Waals surface area contributed by atoms with Crippen LogP contribution in [-0.4, -0.2) is 25.0 Å². The summed E-state index contributed by atoms with van der Waals surface area (Å²) in [7, 11) is 0. The summed E-state index contributed by atoms with van der Waals surface area (Å²) in [6, 6.07) is 0.411. The molecule has 1 aliphatic rings. The highest BCUT2D eigenvalue weighted by molar-refractivity contribution is 5.76. The van der Waals surface area contributed by atoms with E-state index in [1.807, 2.05) is 0 Å². The van der Waals surface area contributed by atoms with Crippen molar-refractivity contribution in [2.45, 2.75) is 64.3 Å². The van der Waals surface area contributed by atoms with Gasteiger partial charge in [0.05, 0.1) is 0 Å². The van der Waals surface area contributed by atoms with Crippen LogP contribution in [-0.2, 0) is 4.79 Å².